The molecule has 92 valence electrons. The van der Waals surface area contributed by atoms with Crippen molar-refractivity contribution < 1.29 is 9.59 Å². The standard InChI is InChI=1S/C11H21N3O2/c1-3-13(9-10(15)12-2)11(16)14-7-5-4-6-8-14/h3-9H2,1-2H3,(H,12,15). The number of hydrogen-bond acceptors (Lipinski definition) is 2. The minimum Gasteiger partial charge on any atom is -0.358 e. The summed E-state index contributed by atoms with van der Waals surface area (Å²) >= 11 is 0. The van der Waals surface area contributed by atoms with E-state index in [1.165, 1.54) is 6.42 Å². The van der Waals surface area contributed by atoms with E-state index in [0.717, 1.165) is 25.9 Å². The number of urea groups is 1. The summed E-state index contributed by atoms with van der Waals surface area (Å²) in [4.78, 5) is 26.7. The Hall–Kier alpha value is -1.26. The molecule has 5 nitrogen and oxygen atoms in total. The fourth-order valence-electron chi connectivity index (χ4n) is 1.85. The highest BCUT2D eigenvalue weighted by Crippen LogP contribution is 2.10. The molecule has 1 N–H and O–H groups in total. The Balaban J connectivity index is 2.50. The van der Waals surface area contributed by atoms with Gasteiger partial charge in [0.1, 0.15) is 6.54 Å². The molecule has 16 heavy (non-hydrogen) atoms. The van der Waals surface area contributed by atoms with E-state index in [2.05, 4.69) is 5.32 Å². The van der Waals surface area contributed by atoms with Gasteiger partial charge in [0.15, 0.2) is 0 Å². The number of amides is 3. The lowest BCUT2D eigenvalue weighted by Gasteiger charge is -2.32. The number of likely N-dealkylation sites (tertiary alicyclic amines) is 1. The molecule has 0 aromatic heterocycles. The molecule has 0 saturated carbocycles. The summed E-state index contributed by atoms with van der Waals surface area (Å²) in [6.45, 7) is 4.27. The van der Waals surface area contributed by atoms with E-state index >= 15 is 0 Å². The molecular formula is C11H21N3O2. The van der Waals surface area contributed by atoms with Crippen LogP contribution in [0.3, 0.4) is 0 Å². The van der Waals surface area contributed by atoms with Gasteiger partial charge in [-0.2, -0.15) is 0 Å². The molecule has 3 amide bonds. The molecule has 1 saturated heterocycles. The van der Waals surface area contributed by atoms with Crippen molar-refractivity contribution in [1.29, 1.82) is 0 Å². The summed E-state index contributed by atoms with van der Waals surface area (Å²) in [5.41, 5.74) is 0. The van der Waals surface area contributed by atoms with Crippen LogP contribution in [0.25, 0.3) is 0 Å². The lowest BCUT2D eigenvalue weighted by molar-refractivity contribution is -0.121. The van der Waals surface area contributed by atoms with Crippen molar-refractivity contribution in [3.63, 3.8) is 0 Å². The fourth-order valence-corrected chi connectivity index (χ4v) is 1.85. The molecule has 0 unspecified atom stereocenters. The third-order valence-electron chi connectivity index (χ3n) is 2.89. The number of rotatable bonds is 3. The minimum atomic E-state index is -0.118. The van der Waals surface area contributed by atoms with Crippen LogP contribution in [0.4, 0.5) is 4.79 Å². The lowest BCUT2D eigenvalue weighted by atomic mass is 10.1. The van der Waals surface area contributed by atoms with Crippen LogP contribution in [0.1, 0.15) is 26.2 Å². The van der Waals surface area contributed by atoms with Crippen molar-refractivity contribution in [1.82, 2.24) is 15.1 Å². The Bertz CT molecular complexity index is 250. The predicted octanol–water partition coefficient (Wildman–Crippen LogP) is 0.660. The van der Waals surface area contributed by atoms with Crippen LogP contribution in [0.5, 0.6) is 0 Å². The first kappa shape index (κ1) is 12.8. The number of nitrogens with one attached hydrogen (secondary N) is 1. The summed E-state index contributed by atoms with van der Waals surface area (Å²) in [5, 5.41) is 2.54. The Morgan fingerprint density at radius 2 is 1.88 bits per heavy atom. The molecule has 0 aromatic rings. The average molecular weight is 227 g/mol. The van der Waals surface area contributed by atoms with Crippen LogP contribution in [-0.2, 0) is 4.79 Å². The first-order chi connectivity index (χ1) is 7.69. The molecule has 1 aliphatic rings. The van der Waals surface area contributed by atoms with Gasteiger partial charge in [-0.05, 0) is 26.2 Å². The summed E-state index contributed by atoms with van der Waals surface area (Å²) in [5.74, 6) is -0.118. The molecule has 1 aliphatic heterocycles. The third-order valence-corrected chi connectivity index (χ3v) is 2.89. The van der Waals surface area contributed by atoms with Crippen molar-refractivity contribution in [2.75, 3.05) is 33.2 Å². The normalized spacial score (nSPS) is 15.8. The SMILES string of the molecule is CCN(CC(=O)NC)C(=O)N1CCCCC1. The van der Waals surface area contributed by atoms with E-state index in [0.29, 0.717) is 6.54 Å². The zero-order chi connectivity index (χ0) is 12.0. The Morgan fingerprint density at radius 1 is 1.25 bits per heavy atom. The van der Waals surface area contributed by atoms with E-state index < -0.39 is 0 Å². The van der Waals surface area contributed by atoms with E-state index in [1.807, 2.05) is 11.8 Å². The fraction of sp³-hybridized carbons (Fsp3) is 0.818. The molecule has 0 radical (unpaired) electrons. The molecule has 1 rings (SSSR count). The second-order valence-corrected chi connectivity index (χ2v) is 4.02. The van der Waals surface area contributed by atoms with Gasteiger partial charge in [-0.25, -0.2) is 4.79 Å². The van der Waals surface area contributed by atoms with E-state index in [-0.39, 0.29) is 18.5 Å². The minimum absolute atomic E-state index is 0.00852. The predicted molar refractivity (Wildman–Crippen MR) is 62.1 cm³/mol. The average Bonchev–Trinajstić information content (AvgIpc) is 2.35. The van der Waals surface area contributed by atoms with Gasteiger partial charge >= 0.3 is 6.03 Å². The zero-order valence-corrected chi connectivity index (χ0v) is 10.2. The Morgan fingerprint density at radius 3 is 2.38 bits per heavy atom. The zero-order valence-electron chi connectivity index (χ0n) is 10.2. The highest BCUT2D eigenvalue weighted by molar-refractivity contribution is 5.83. The first-order valence-corrected chi connectivity index (χ1v) is 5.93. The summed E-state index contributed by atoms with van der Waals surface area (Å²) < 4.78 is 0. The largest absolute Gasteiger partial charge is 0.358 e. The third kappa shape index (κ3) is 3.40. The maximum Gasteiger partial charge on any atom is 0.320 e. The van der Waals surface area contributed by atoms with Crippen molar-refractivity contribution in [2.45, 2.75) is 26.2 Å². The molecule has 0 aromatic carbocycles. The summed E-state index contributed by atoms with van der Waals surface area (Å²) in [6, 6.07) is -0.00852. The molecular weight excluding hydrogens is 206 g/mol. The summed E-state index contributed by atoms with van der Waals surface area (Å²) in [6.07, 6.45) is 3.35. The number of likely N-dealkylation sites (N-methyl/N-ethyl adjacent to an activating group) is 2. The van der Waals surface area contributed by atoms with E-state index in [4.69, 9.17) is 0 Å². The molecule has 0 atom stereocenters. The van der Waals surface area contributed by atoms with E-state index in [9.17, 15) is 9.59 Å². The van der Waals surface area contributed by atoms with Gasteiger partial charge in [0.05, 0.1) is 0 Å². The van der Waals surface area contributed by atoms with Crippen LogP contribution in [0.15, 0.2) is 0 Å². The van der Waals surface area contributed by atoms with Crippen LogP contribution in [0.2, 0.25) is 0 Å². The molecule has 1 fully saturated rings. The van der Waals surface area contributed by atoms with Crippen LogP contribution in [0, 0.1) is 0 Å². The van der Waals surface area contributed by atoms with Gasteiger partial charge < -0.3 is 15.1 Å². The second-order valence-electron chi connectivity index (χ2n) is 4.02. The quantitative estimate of drug-likeness (QED) is 0.770. The molecule has 0 spiro atoms. The number of carbonyl (C=O) groups is 2. The van der Waals surface area contributed by atoms with Gasteiger partial charge in [0.2, 0.25) is 5.91 Å². The molecule has 0 bridgehead atoms. The van der Waals surface area contributed by atoms with Gasteiger partial charge in [-0.1, -0.05) is 0 Å². The topological polar surface area (TPSA) is 52.7 Å². The second kappa shape index (κ2) is 6.35. The van der Waals surface area contributed by atoms with Crippen molar-refractivity contribution in [3.8, 4) is 0 Å². The van der Waals surface area contributed by atoms with Crippen molar-refractivity contribution in [2.24, 2.45) is 0 Å². The molecule has 0 aliphatic carbocycles. The van der Waals surface area contributed by atoms with Crippen LogP contribution < -0.4 is 5.32 Å². The van der Waals surface area contributed by atoms with Crippen LogP contribution >= 0.6 is 0 Å². The van der Waals surface area contributed by atoms with Crippen molar-refractivity contribution >= 4 is 11.9 Å². The summed E-state index contributed by atoms with van der Waals surface area (Å²) in [7, 11) is 1.58. The molecule has 1 heterocycles. The number of hydrogen-bond donors (Lipinski definition) is 1. The lowest BCUT2D eigenvalue weighted by Crippen LogP contribution is -2.48. The van der Waals surface area contributed by atoms with Gasteiger partial charge in [0.25, 0.3) is 0 Å². The van der Waals surface area contributed by atoms with Crippen molar-refractivity contribution in [3.05, 3.63) is 0 Å². The van der Waals surface area contributed by atoms with Gasteiger partial charge in [-0.3, -0.25) is 4.79 Å². The first-order valence-electron chi connectivity index (χ1n) is 5.93. The van der Waals surface area contributed by atoms with Gasteiger partial charge in [0, 0.05) is 26.7 Å². The highest BCUT2D eigenvalue weighted by Gasteiger charge is 2.22. The Kier molecular flexibility index (Phi) is 5.08. The Labute approximate surface area is 96.8 Å². The maximum atomic E-state index is 12.1. The number of nitrogens with zero attached hydrogens (tertiary/aromatic N) is 2. The monoisotopic (exact) mass is 227 g/mol. The molecule has 5 heteroatoms. The number of carbonyl (C=O) groups excluding carboxylic acids is 2. The van der Waals surface area contributed by atoms with Crippen LogP contribution in [-0.4, -0.2) is 55.0 Å². The van der Waals surface area contributed by atoms with E-state index in [1.54, 1.807) is 11.9 Å². The maximum absolute atomic E-state index is 12.1. The highest BCUT2D eigenvalue weighted by atomic mass is 16.2. The van der Waals surface area contributed by atoms with Gasteiger partial charge in [-0.15, -0.1) is 0 Å². The smallest absolute Gasteiger partial charge is 0.320 e. The number of piperidine rings is 1.